The summed E-state index contributed by atoms with van der Waals surface area (Å²) in [5, 5.41) is 9.61. The molecule has 0 aromatic carbocycles. The number of quaternary nitrogens is 1. The third kappa shape index (κ3) is 39.0. The fourth-order valence-corrected chi connectivity index (χ4v) is 5.50. The lowest BCUT2D eigenvalue weighted by Crippen LogP contribution is -2.50. The zero-order valence-electron chi connectivity index (χ0n) is 37.4. The van der Waals surface area contributed by atoms with E-state index in [-0.39, 0.29) is 49.1 Å². The first kappa shape index (κ1) is 54.7. The predicted octanol–water partition coefficient (Wildman–Crippen LogP) is 12.2. The molecular weight excluding hydrogens is 739 g/mol. The number of carbonyl (C=O) groups excluding carboxylic acids is 2. The molecule has 0 fully saturated rings. The summed E-state index contributed by atoms with van der Waals surface area (Å²) in [6.07, 6.45) is 56.9. The van der Waals surface area contributed by atoms with Crippen molar-refractivity contribution in [2.45, 2.75) is 142 Å². The van der Waals surface area contributed by atoms with Crippen LogP contribution in [0.1, 0.15) is 129 Å². The summed E-state index contributed by atoms with van der Waals surface area (Å²) in [6, 6.07) is -0.638. The Kier molecular flexibility index (Phi) is 37.6. The average Bonchev–Trinajstić information content (AvgIpc) is 3.19. The van der Waals surface area contributed by atoms with Crippen LogP contribution >= 0.6 is 0 Å². The van der Waals surface area contributed by atoms with Crippen LogP contribution in [0.4, 0.5) is 0 Å². The van der Waals surface area contributed by atoms with Crippen molar-refractivity contribution < 1.29 is 38.2 Å². The first-order chi connectivity index (χ1) is 28.6. The van der Waals surface area contributed by atoms with E-state index in [1.165, 1.54) is 0 Å². The second-order valence-electron chi connectivity index (χ2n) is 15.2. The van der Waals surface area contributed by atoms with Gasteiger partial charge < -0.3 is 23.8 Å². The summed E-state index contributed by atoms with van der Waals surface area (Å²) in [5.41, 5.74) is 0. The number of allylic oxidation sites excluding steroid dienone is 20. The van der Waals surface area contributed by atoms with Gasteiger partial charge in [-0.3, -0.25) is 9.59 Å². The molecule has 8 heteroatoms. The fourth-order valence-electron chi connectivity index (χ4n) is 5.50. The number of nitrogens with zero attached hydrogens (tertiary/aromatic N) is 1. The Balaban J connectivity index is 4.50. The van der Waals surface area contributed by atoms with Gasteiger partial charge in [-0.15, -0.1) is 0 Å². The Morgan fingerprint density at radius 2 is 0.898 bits per heavy atom. The number of esters is 2. The van der Waals surface area contributed by atoms with Gasteiger partial charge in [0.2, 0.25) is 0 Å². The average molecular weight is 819 g/mol. The molecule has 0 saturated carbocycles. The van der Waals surface area contributed by atoms with Crippen molar-refractivity contribution in [3.05, 3.63) is 122 Å². The largest absolute Gasteiger partial charge is 0.477 e. The Labute approximate surface area is 359 Å². The molecule has 8 nitrogen and oxygen atoms in total. The number of hydrogen-bond donors (Lipinski definition) is 1. The van der Waals surface area contributed by atoms with Gasteiger partial charge in [-0.2, -0.15) is 0 Å². The number of rotatable bonds is 37. The van der Waals surface area contributed by atoms with E-state index in [0.29, 0.717) is 19.3 Å². The smallest absolute Gasteiger partial charge is 0.362 e. The Morgan fingerprint density at radius 1 is 0.508 bits per heavy atom. The molecule has 0 aliphatic heterocycles. The minimum Gasteiger partial charge on any atom is -0.477 e. The number of hydrogen-bond acceptors (Lipinski definition) is 6. The van der Waals surface area contributed by atoms with E-state index < -0.39 is 18.1 Å². The van der Waals surface area contributed by atoms with Crippen LogP contribution in [0.2, 0.25) is 0 Å². The molecular formula is C51H80NO7+. The van der Waals surface area contributed by atoms with Crippen LogP contribution in [0.25, 0.3) is 0 Å². The first-order valence-electron chi connectivity index (χ1n) is 22.1. The van der Waals surface area contributed by atoms with Crippen LogP contribution in [-0.4, -0.2) is 80.6 Å². The van der Waals surface area contributed by atoms with Gasteiger partial charge in [0.05, 0.1) is 34.4 Å². The van der Waals surface area contributed by atoms with Crippen LogP contribution in [0.5, 0.6) is 0 Å². The molecule has 0 aliphatic carbocycles. The van der Waals surface area contributed by atoms with Gasteiger partial charge in [0.1, 0.15) is 6.61 Å². The molecule has 0 heterocycles. The topological polar surface area (TPSA) is 99.1 Å². The second-order valence-corrected chi connectivity index (χ2v) is 15.2. The van der Waals surface area contributed by atoms with Crippen LogP contribution in [0, 0.1) is 0 Å². The SMILES string of the molecule is CC/C=C/C/C=C/C/C=C/C/C=C/C/C=C/C/C=C/C/C=C/CCCC(=O)OC(COCCC(C(=O)O)[N+](C)(C)C)COC(=O)CCCC/C=C/C/C=C/C/C=C/CC. The van der Waals surface area contributed by atoms with Crippen LogP contribution in [0.3, 0.4) is 0 Å². The summed E-state index contributed by atoms with van der Waals surface area (Å²) < 4.78 is 17.1. The van der Waals surface area contributed by atoms with Gasteiger partial charge in [-0.25, -0.2) is 4.79 Å². The number of carboxylic acids is 1. The van der Waals surface area contributed by atoms with E-state index in [1.54, 1.807) is 0 Å². The molecule has 330 valence electrons. The highest BCUT2D eigenvalue weighted by Crippen LogP contribution is 2.11. The molecule has 0 aromatic rings. The molecule has 2 atom stereocenters. The zero-order valence-corrected chi connectivity index (χ0v) is 37.4. The van der Waals surface area contributed by atoms with Gasteiger partial charge in [0, 0.05) is 19.3 Å². The number of aliphatic carboxylic acids is 1. The van der Waals surface area contributed by atoms with E-state index in [0.717, 1.165) is 83.5 Å². The maximum atomic E-state index is 12.7. The van der Waals surface area contributed by atoms with Gasteiger partial charge in [0.25, 0.3) is 0 Å². The van der Waals surface area contributed by atoms with E-state index in [4.69, 9.17) is 14.2 Å². The highest BCUT2D eigenvalue weighted by molar-refractivity contribution is 5.72. The Hall–Kier alpha value is -4.27. The number of carbonyl (C=O) groups is 3. The van der Waals surface area contributed by atoms with Crippen molar-refractivity contribution in [3.8, 4) is 0 Å². The number of ether oxygens (including phenoxy) is 3. The summed E-state index contributed by atoms with van der Waals surface area (Å²) in [7, 11) is 5.47. The molecule has 0 bridgehead atoms. The molecule has 0 saturated heterocycles. The van der Waals surface area contributed by atoms with Crippen LogP contribution in [-0.2, 0) is 28.6 Å². The van der Waals surface area contributed by atoms with Gasteiger partial charge in [-0.05, 0) is 96.3 Å². The van der Waals surface area contributed by atoms with Gasteiger partial charge in [-0.1, -0.05) is 135 Å². The third-order valence-electron chi connectivity index (χ3n) is 8.86. The Bertz CT molecular complexity index is 1370. The van der Waals surface area contributed by atoms with Gasteiger partial charge in [0.15, 0.2) is 12.1 Å². The fraction of sp³-hybridized carbons (Fsp3) is 0.549. The molecule has 0 spiro atoms. The minimum atomic E-state index is -0.896. The minimum absolute atomic E-state index is 0.0164. The summed E-state index contributed by atoms with van der Waals surface area (Å²) >= 11 is 0. The van der Waals surface area contributed by atoms with Gasteiger partial charge >= 0.3 is 17.9 Å². The van der Waals surface area contributed by atoms with Crippen molar-refractivity contribution in [2.75, 3.05) is 41.0 Å². The number of carboxylic acid groups (broad SMARTS) is 1. The predicted molar refractivity (Wildman–Crippen MR) is 247 cm³/mol. The molecule has 0 aromatic heterocycles. The Morgan fingerprint density at radius 3 is 1.31 bits per heavy atom. The summed E-state index contributed by atoms with van der Waals surface area (Å²) in [4.78, 5) is 36.9. The molecule has 2 unspecified atom stereocenters. The maximum absolute atomic E-state index is 12.7. The molecule has 59 heavy (non-hydrogen) atoms. The normalized spacial score (nSPS) is 14.1. The molecule has 1 N–H and O–H groups in total. The van der Waals surface area contributed by atoms with Crippen LogP contribution < -0.4 is 0 Å². The number of likely N-dealkylation sites (N-methyl/N-ethyl adjacent to an activating group) is 1. The molecule has 0 aliphatic rings. The highest BCUT2D eigenvalue weighted by atomic mass is 16.6. The van der Waals surface area contributed by atoms with Crippen molar-refractivity contribution in [1.82, 2.24) is 0 Å². The summed E-state index contributed by atoms with van der Waals surface area (Å²) in [5.74, 6) is -1.62. The molecule has 0 rings (SSSR count). The van der Waals surface area contributed by atoms with E-state index in [2.05, 4.69) is 135 Å². The number of unbranched alkanes of at least 4 members (excludes halogenated alkanes) is 3. The lowest BCUT2D eigenvalue weighted by molar-refractivity contribution is -0.887. The van der Waals surface area contributed by atoms with Crippen molar-refractivity contribution >= 4 is 17.9 Å². The van der Waals surface area contributed by atoms with E-state index in [1.807, 2.05) is 21.1 Å². The quantitative estimate of drug-likeness (QED) is 0.0288. The van der Waals surface area contributed by atoms with E-state index >= 15 is 0 Å². The lowest BCUT2D eigenvalue weighted by atomic mass is 10.1. The summed E-state index contributed by atoms with van der Waals surface area (Å²) in [6.45, 7) is 4.36. The zero-order chi connectivity index (χ0) is 43.5. The monoisotopic (exact) mass is 819 g/mol. The molecule has 0 amide bonds. The van der Waals surface area contributed by atoms with Crippen molar-refractivity contribution in [3.63, 3.8) is 0 Å². The lowest BCUT2D eigenvalue weighted by Gasteiger charge is -2.31. The first-order valence-corrected chi connectivity index (χ1v) is 22.1. The highest BCUT2D eigenvalue weighted by Gasteiger charge is 2.31. The molecule has 0 radical (unpaired) electrons. The standard InChI is InChI=1S/C51H79NO7/c1-6-8-10-12-14-16-18-20-21-22-23-24-25-26-27-28-29-30-32-34-36-38-40-42-50(54)59-47(45-57-44-43-48(51(55)56)52(3,4)5)46-58-49(53)41-39-37-35-33-31-19-17-15-13-11-9-7-2/h8-11,14-17,20-21,23-24,26-27,29-31,33-34,36,47-48H,6-7,12-13,18-19,22,25,28,32,35,37-46H2,1-5H3/p+1/b10-8+,11-9+,16-14+,17-15+,21-20+,24-23+,27-26+,30-29+,33-31+,36-34+. The van der Waals surface area contributed by atoms with Crippen molar-refractivity contribution in [1.29, 1.82) is 0 Å². The third-order valence-corrected chi connectivity index (χ3v) is 8.86. The maximum Gasteiger partial charge on any atom is 0.362 e. The van der Waals surface area contributed by atoms with Crippen LogP contribution in [0.15, 0.2) is 122 Å². The van der Waals surface area contributed by atoms with E-state index in [9.17, 15) is 19.5 Å². The van der Waals surface area contributed by atoms with Crippen molar-refractivity contribution in [2.24, 2.45) is 0 Å². The second kappa shape index (κ2) is 40.5.